The third-order valence-corrected chi connectivity index (χ3v) is 2.97. The molecule has 98 valence electrons. The van der Waals surface area contributed by atoms with E-state index in [4.69, 9.17) is 27.5 Å². The molecule has 0 aliphatic carbocycles. The second-order valence-corrected chi connectivity index (χ2v) is 5.61. The number of rotatable bonds is 2. The van der Waals surface area contributed by atoms with Gasteiger partial charge in [0.25, 0.3) is 9.05 Å². The molecule has 18 heavy (non-hydrogen) atoms. The molecule has 0 fully saturated rings. The van der Waals surface area contributed by atoms with Crippen molar-refractivity contribution in [2.24, 2.45) is 0 Å². The molecular formula is C7HCl2F3N2O3S. The molecule has 0 bridgehead atoms. The lowest BCUT2D eigenvalue weighted by Crippen LogP contribution is -2.18. The first kappa shape index (κ1) is 14.8. The fourth-order valence-electron chi connectivity index (χ4n) is 0.919. The molecule has 0 spiro atoms. The normalized spacial score (nSPS) is 12.0. The SMILES string of the molecule is N#Cc1c(Cl)cc(OC(F)(F)F)nc1S(=O)(=O)Cl. The maximum atomic E-state index is 11.9. The smallest absolute Gasteiger partial charge is 0.388 e. The highest BCUT2D eigenvalue weighted by Gasteiger charge is 2.33. The Morgan fingerprint density at radius 2 is 2.00 bits per heavy atom. The number of hydrogen-bond donors (Lipinski definition) is 0. The van der Waals surface area contributed by atoms with E-state index >= 15 is 0 Å². The van der Waals surface area contributed by atoms with Crippen molar-refractivity contribution in [3.63, 3.8) is 0 Å². The Morgan fingerprint density at radius 1 is 1.44 bits per heavy atom. The van der Waals surface area contributed by atoms with E-state index in [0.29, 0.717) is 6.07 Å². The van der Waals surface area contributed by atoms with E-state index < -0.39 is 36.9 Å². The summed E-state index contributed by atoms with van der Waals surface area (Å²) in [5, 5.41) is 6.95. The van der Waals surface area contributed by atoms with E-state index in [1.807, 2.05) is 0 Å². The number of alkyl halides is 3. The van der Waals surface area contributed by atoms with Crippen LogP contribution in [0.3, 0.4) is 0 Å². The molecule has 0 N–H and O–H groups in total. The zero-order chi connectivity index (χ0) is 14.1. The van der Waals surface area contributed by atoms with Gasteiger partial charge >= 0.3 is 6.36 Å². The molecule has 1 aromatic heterocycles. The molecule has 1 heterocycles. The third-order valence-electron chi connectivity index (χ3n) is 1.48. The van der Waals surface area contributed by atoms with Crippen LogP contribution in [0.1, 0.15) is 5.56 Å². The van der Waals surface area contributed by atoms with Gasteiger partial charge in [0.05, 0.1) is 5.02 Å². The number of nitrogens with zero attached hydrogens (tertiary/aromatic N) is 2. The first-order valence-corrected chi connectivity index (χ1v) is 6.54. The van der Waals surface area contributed by atoms with Crippen molar-refractivity contribution in [3.05, 3.63) is 16.7 Å². The lowest BCUT2D eigenvalue weighted by molar-refractivity contribution is -0.276. The molecule has 0 saturated heterocycles. The monoisotopic (exact) mass is 320 g/mol. The molecule has 0 amide bonds. The van der Waals surface area contributed by atoms with Crippen LogP contribution < -0.4 is 4.74 Å². The summed E-state index contributed by atoms with van der Waals surface area (Å²) in [6.45, 7) is 0. The number of pyridine rings is 1. The molecule has 0 atom stereocenters. The number of nitriles is 1. The van der Waals surface area contributed by atoms with Gasteiger partial charge in [0.1, 0.15) is 11.6 Å². The minimum Gasteiger partial charge on any atom is -0.388 e. The van der Waals surface area contributed by atoms with Gasteiger partial charge in [-0.1, -0.05) is 11.6 Å². The standard InChI is InChI=1S/C7HCl2F3N2O3S/c8-4-1-5(17-7(10,11)12)14-6(3(4)2-13)18(9,15)16/h1H. The lowest BCUT2D eigenvalue weighted by Gasteiger charge is -2.09. The lowest BCUT2D eigenvalue weighted by atomic mass is 10.3. The van der Waals surface area contributed by atoms with Crippen LogP contribution in [0.4, 0.5) is 13.2 Å². The van der Waals surface area contributed by atoms with Gasteiger partial charge < -0.3 is 4.74 Å². The first-order chi connectivity index (χ1) is 8.04. The van der Waals surface area contributed by atoms with Gasteiger partial charge in [-0.3, -0.25) is 0 Å². The fraction of sp³-hybridized carbons (Fsp3) is 0.143. The van der Waals surface area contributed by atoms with Crippen LogP contribution in [-0.4, -0.2) is 19.8 Å². The molecule has 0 aromatic carbocycles. The molecule has 0 aliphatic rings. The first-order valence-electron chi connectivity index (χ1n) is 3.85. The molecule has 1 rings (SSSR count). The summed E-state index contributed by atoms with van der Waals surface area (Å²) in [7, 11) is 0.381. The van der Waals surface area contributed by atoms with Crippen molar-refractivity contribution in [1.82, 2.24) is 4.98 Å². The minimum atomic E-state index is -5.09. The highest BCUT2D eigenvalue weighted by Crippen LogP contribution is 2.30. The highest BCUT2D eigenvalue weighted by molar-refractivity contribution is 8.13. The van der Waals surface area contributed by atoms with Crippen LogP contribution in [0, 0.1) is 11.3 Å². The number of ether oxygens (including phenoxy) is 1. The van der Waals surface area contributed by atoms with Gasteiger partial charge in [-0.25, -0.2) is 8.42 Å². The quantitative estimate of drug-likeness (QED) is 0.782. The number of aromatic nitrogens is 1. The van der Waals surface area contributed by atoms with E-state index in [-0.39, 0.29) is 0 Å². The maximum absolute atomic E-state index is 11.9. The topological polar surface area (TPSA) is 80.0 Å². The van der Waals surface area contributed by atoms with Gasteiger partial charge in [0, 0.05) is 16.7 Å². The van der Waals surface area contributed by atoms with Crippen LogP contribution in [-0.2, 0) is 9.05 Å². The Bertz CT molecular complexity index is 624. The van der Waals surface area contributed by atoms with Crippen LogP contribution in [0.15, 0.2) is 11.1 Å². The van der Waals surface area contributed by atoms with Crippen LogP contribution in [0.25, 0.3) is 0 Å². The summed E-state index contributed by atoms with van der Waals surface area (Å²) in [6.07, 6.45) is -5.09. The highest BCUT2D eigenvalue weighted by atomic mass is 35.7. The predicted molar refractivity (Wildman–Crippen MR) is 53.7 cm³/mol. The Morgan fingerprint density at radius 3 is 2.39 bits per heavy atom. The van der Waals surface area contributed by atoms with E-state index in [9.17, 15) is 21.6 Å². The van der Waals surface area contributed by atoms with Gasteiger partial charge in [0.15, 0.2) is 5.03 Å². The molecule has 0 aliphatic heterocycles. The molecule has 0 unspecified atom stereocenters. The van der Waals surface area contributed by atoms with Crippen molar-refractivity contribution < 1.29 is 26.3 Å². The van der Waals surface area contributed by atoms with Gasteiger partial charge in [-0.15, -0.1) is 13.2 Å². The van der Waals surface area contributed by atoms with Crippen molar-refractivity contribution >= 4 is 31.3 Å². The van der Waals surface area contributed by atoms with E-state index in [1.165, 1.54) is 6.07 Å². The Balaban J connectivity index is 3.47. The summed E-state index contributed by atoms with van der Waals surface area (Å²) in [5.41, 5.74) is -0.666. The van der Waals surface area contributed by atoms with Crippen molar-refractivity contribution in [2.45, 2.75) is 11.4 Å². The van der Waals surface area contributed by atoms with Crippen LogP contribution >= 0.6 is 22.3 Å². The number of hydrogen-bond acceptors (Lipinski definition) is 5. The van der Waals surface area contributed by atoms with Crippen molar-refractivity contribution in [3.8, 4) is 11.9 Å². The molecule has 5 nitrogen and oxygen atoms in total. The zero-order valence-electron chi connectivity index (χ0n) is 7.99. The van der Waals surface area contributed by atoms with E-state index in [0.717, 1.165) is 0 Å². The third kappa shape index (κ3) is 3.63. The Hall–Kier alpha value is -1.24. The van der Waals surface area contributed by atoms with Gasteiger partial charge in [-0.2, -0.15) is 10.2 Å². The molecule has 1 aromatic rings. The summed E-state index contributed by atoms with van der Waals surface area (Å²) in [4.78, 5) is 2.99. The Kier molecular flexibility index (Phi) is 3.95. The second-order valence-electron chi connectivity index (χ2n) is 2.72. The molecule has 11 heteroatoms. The van der Waals surface area contributed by atoms with Gasteiger partial charge in [0.2, 0.25) is 5.88 Å². The van der Waals surface area contributed by atoms with Crippen LogP contribution in [0.2, 0.25) is 5.02 Å². The summed E-state index contributed by atoms with van der Waals surface area (Å²) in [6, 6.07) is 1.92. The zero-order valence-corrected chi connectivity index (χ0v) is 10.3. The molecule has 0 radical (unpaired) electrons. The fourth-order valence-corrected chi connectivity index (χ4v) is 2.13. The molecule has 0 saturated carbocycles. The summed E-state index contributed by atoms with van der Waals surface area (Å²) in [5.74, 6) is -1.13. The van der Waals surface area contributed by atoms with Crippen LogP contribution in [0.5, 0.6) is 5.88 Å². The number of halogens is 5. The minimum absolute atomic E-state index is 0.555. The summed E-state index contributed by atoms with van der Waals surface area (Å²) >= 11 is 5.44. The van der Waals surface area contributed by atoms with E-state index in [2.05, 4.69) is 9.72 Å². The maximum Gasteiger partial charge on any atom is 0.574 e. The average molecular weight is 321 g/mol. The second kappa shape index (κ2) is 4.79. The molecular weight excluding hydrogens is 320 g/mol. The Labute approximate surface area is 108 Å². The predicted octanol–water partition coefficient (Wildman–Crippen LogP) is 2.43. The van der Waals surface area contributed by atoms with Crippen molar-refractivity contribution in [2.75, 3.05) is 0 Å². The van der Waals surface area contributed by atoms with E-state index in [1.54, 1.807) is 0 Å². The average Bonchev–Trinajstić information content (AvgIpc) is 2.12. The van der Waals surface area contributed by atoms with Gasteiger partial charge in [-0.05, 0) is 0 Å². The van der Waals surface area contributed by atoms with Crippen molar-refractivity contribution in [1.29, 1.82) is 5.26 Å². The summed E-state index contributed by atoms with van der Waals surface area (Å²) < 4.78 is 61.3. The largest absolute Gasteiger partial charge is 0.574 e.